The second-order valence-electron chi connectivity index (χ2n) is 13.7. The Hall–Kier alpha value is -2.80. The number of nitrogens with zero attached hydrogens (tertiary/aromatic N) is 6. The highest BCUT2D eigenvalue weighted by molar-refractivity contribution is 5.80. The minimum absolute atomic E-state index is 0.105. The van der Waals surface area contributed by atoms with Crippen LogP contribution in [-0.4, -0.2) is 86.6 Å². The summed E-state index contributed by atoms with van der Waals surface area (Å²) in [5.41, 5.74) is 2.58. The first kappa shape index (κ1) is 28.7. The average Bonchev–Trinajstić information content (AvgIpc) is 3.85. The molecule has 1 saturated carbocycles. The number of hydrogen-bond acceptors (Lipinski definition) is 10. The van der Waals surface area contributed by atoms with Crippen molar-refractivity contribution < 1.29 is 23.5 Å². The standard InChI is InChI=1S/C32H44N6O6/c1-19-9-10-23(36(19)3)20(2)43-29-24-28(38(30(39)37(24)4)21-11-15-40-18-21)33-27(34-29)25-22-8-7-13-31(26(22)35-44-25)12-5-6-14-32(31)41-16-17-42-32/h19-21,23H,5-18H2,1-4H3/t19-,20-,21+,23-,31-/m0/s1. The van der Waals surface area contributed by atoms with Crippen molar-refractivity contribution in [2.75, 3.05) is 33.5 Å². The fourth-order valence-corrected chi connectivity index (χ4v) is 8.92. The van der Waals surface area contributed by atoms with Crippen molar-refractivity contribution in [1.82, 2.24) is 29.2 Å². The SMILES string of the molecule is C[C@H](Oc1nc(-c2onc3c2CCC[C@@]32CCCCC23OCCO3)nc2c1n(C)c(=O)n2[C@@H]1CCOC1)[C@@H]1CC[C@H](C)N1C. The van der Waals surface area contributed by atoms with Gasteiger partial charge in [-0.05, 0) is 72.3 Å². The van der Waals surface area contributed by atoms with Gasteiger partial charge in [0, 0.05) is 37.7 Å². The molecule has 0 aromatic carbocycles. The Morgan fingerprint density at radius 1 is 1.00 bits per heavy atom. The Bertz CT molecular complexity index is 1620. The van der Waals surface area contributed by atoms with Gasteiger partial charge < -0.3 is 23.5 Å². The zero-order valence-electron chi connectivity index (χ0n) is 26.3. The molecule has 0 amide bonds. The Balaban J connectivity index is 1.27. The highest BCUT2D eigenvalue weighted by Crippen LogP contribution is 2.57. The van der Waals surface area contributed by atoms with Crippen LogP contribution < -0.4 is 10.4 Å². The molecule has 2 spiro atoms. The van der Waals surface area contributed by atoms with E-state index < -0.39 is 5.79 Å². The molecule has 0 bridgehead atoms. The van der Waals surface area contributed by atoms with Crippen LogP contribution in [0.2, 0.25) is 0 Å². The van der Waals surface area contributed by atoms with Crippen molar-refractivity contribution in [2.45, 2.75) is 113 Å². The lowest BCUT2D eigenvalue weighted by molar-refractivity contribution is -0.231. The molecule has 6 heterocycles. The molecule has 4 fully saturated rings. The Morgan fingerprint density at radius 3 is 2.55 bits per heavy atom. The molecule has 2 aliphatic carbocycles. The molecule has 12 nitrogen and oxygen atoms in total. The number of imidazole rings is 1. The van der Waals surface area contributed by atoms with Gasteiger partial charge in [0.2, 0.25) is 17.5 Å². The predicted octanol–water partition coefficient (Wildman–Crippen LogP) is 3.89. The second kappa shape index (κ2) is 10.6. The Labute approximate surface area is 257 Å². The van der Waals surface area contributed by atoms with Gasteiger partial charge in [-0.25, -0.2) is 9.78 Å². The zero-order valence-corrected chi connectivity index (χ0v) is 26.3. The van der Waals surface area contributed by atoms with Gasteiger partial charge in [-0.2, -0.15) is 4.98 Å². The lowest BCUT2D eigenvalue weighted by Crippen LogP contribution is -2.56. The number of likely N-dealkylation sites (N-methyl/N-ethyl adjacent to an activating group) is 1. The van der Waals surface area contributed by atoms with E-state index in [0.29, 0.717) is 61.1 Å². The van der Waals surface area contributed by atoms with Crippen molar-refractivity contribution in [3.63, 3.8) is 0 Å². The first-order valence-electron chi connectivity index (χ1n) is 16.6. The molecule has 3 saturated heterocycles. The van der Waals surface area contributed by atoms with Crippen LogP contribution in [0.25, 0.3) is 22.7 Å². The summed E-state index contributed by atoms with van der Waals surface area (Å²) in [6, 6.07) is 0.628. The van der Waals surface area contributed by atoms with Crippen LogP contribution in [0, 0.1) is 0 Å². The molecule has 238 valence electrons. The van der Waals surface area contributed by atoms with E-state index in [1.807, 2.05) is 0 Å². The lowest BCUT2D eigenvalue weighted by Gasteiger charge is -2.50. The fraction of sp³-hybridized carbons (Fsp3) is 0.750. The van der Waals surface area contributed by atoms with Gasteiger partial charge in [0.1, 0.15) is 6.10 Å². The highest BCUT2D eigenvalue weighted by atomic mass is 16.7. The number of ether oxygens (including phenoxy) is 4. The Morgan fingerprint density at radius 2 is 1.80 bits per heavy atom. The fourth-order valence-electron chi connectivity index (χ4n) is 8.92. The number of aromatic nitrogens is 5. The molecule has 0 N–H and O–H groups in total. The van der Waals surface area contributed by atoms with E-state index in [4.69, 9.17) is 38.6 Å². The highest BCUT2D eigenvalue weighted by Gasteiger charge is 2.61. The number of hydrogen-bond donors (Lipinski definition) is 0. The Kier molecular flexibility index (Phi) is 6.93. The first-order valence-corrected chi connectivity index (χ1v) is 16.6. The molecule has 44 heavy (non-hydrogen) atoms. The molecular weight excluding hydrogens is 564 g/mol. The molecule has 5 atom stereocenters. The molecule has 8 rings (SSSR count). The number of fused-ring (bicyclic) bond motifs is 4. The van der Waals surface area contributed by atoms with Crippen molar-refractivity contribution in [2.24, 2.45) is 7.05 Å². The van der Waals surface area contributed by atoms with Gasteiger partial charge in [0.25, 0.3) is 0 Å². The minimum atomic E-state index is -0.657. The zero-order chi connectivity index (χ0) is 30.2. The normalized spacial score (nSPS) is 31.0. The average molecular weight is 609 g/mol. The summed E-state index contributed by atoms with van der Waals surface area (Å²) >= 11 is 0. The van der Waals surface area contributed by atoms with Gasteiger partial charge in [-0.15, -0.1) is 0 Å². The molecule has 3 aromatic heterocycles. The minimum Gasteiger partial charge on any atom is -0.471 e. The van der Waals surface area contributed by atoms with Crippen molar-refractivity contribution in [1.29, 1.82) is 0 Å². The molecule has 3 aliphatic heterocycles. The van der Waals surface area contributed by atoms with E-state index in [1.54, 1.807) is 16.2 Å². The van der Waals surface area contributed by atoms with Gasteiger partial charge in [-0.3, -0.25) is 14.0 Å². The molecule has 12 heteroatoms. The summed E-state index contributed by atoms with van der Waals surface area (Å²) in [6.45, 7) is 6.63. The lowest BCUT2D eigenvalue weighted by atomic mass is 9.61. The quantitative estimate of drug-likeness (QED) is 0.422. The number of rotatable bonds is 5. The van der Waals surface area contributed by atoms with Gasteiger partial charge >= 0.3 is 5.69 Å². The third kappa shape index (κ3) is 4.09. The van der Waals surface area contributed by atoms with Crippen molar-refractivity contribution in [3.05, 3.63) is 21.7 Å². The molecule has 5 aliphatic rings. The van der Waals surface area contributed by atoms with Crippen LogP contribution in [0.5, 0.6) is 5.88 Å². The van der Waals surface area contributed by atoms with E-state index in [0.717, 1.165) is 75.5 Å². The monoisotopic (exact) mass is 608 g/mol. The van der Waals surface area contributed by atoms with Crippen molar-refractivity contribution >= 4 is 11.2 Å². The smallest absolute Gasteiger partial charge is 0.330 e. The van der Waals surface area contributed by atoms with Crippen LogP contribution in [-0.2, 0) is 33.1 Å². The van der Waals surface area contributed by atoms with Gasteiger partial charge in [-0.1, -0.05) is 11.6 Å². The van der Waals surface area contributed by atoms with Crippen LogP contribution >= 0.6 is 0 Å². The van der Waals surface area contributed by atoms with Crippen LogP contribution in [0.3, 0.4) is 0 Å². The predicted molar refractivity (Wildman–Crippen MR) is 161 cm³/mol. The second-order valence-corrected chi connectivity index (χ2v) is 13.7. The summed E-state index contributed by atoms with van der Waals surface area (Å²) < 4.78 is 34.8. The third-order valence-corrected chi connectivity index (χ3v) is 11.4. The van der Waals surface area contributed by atoms with Crippen LogP contribution in [0.4, 0.5) is 0 Å². The number of likely N-dealkylation sites (tertiary alicyclic amines) is 1. The van der Waals surface area contributed by atoms with E-state index >= 15 is 0 Å². The summed E-state index contributed by atoms with van der Waals surface area (Å²) in [5.74, 6) is 0.690. The maximum atomic E-state index is 13.7. The van der Waals surface area contributed by atoms with Crippen molar-refractivity contribution in [3.8, 4) is 17.5 Å². The van der Waals surface area contributed by atoms with E-state index in [-0.39, 0.29) is 29.3 Å². The molecule has 0 unspecified atom stereocenters. The molecular formula is C32H44N6O6. The first-order chi connectivity index (χ1) is 21.3. The number of aryl methyl sites for hydroxylation is 1. The largest absolute Gasteiger partial charge is 0.471 e. The van der Waals surface area contributed by atoms with E-state index in [9.17, 15) is 4.79 Å². The summed E-state index contributed by atoms with van der Waals surface area (Å²) in [5, 5.41) is 4.75. The third-order valence-electron chi connectivity index (χ3n) is 11.4. The van der Waals surface area contributed by atoms with Gasteiger partial charge in [0.05, 0.1) is 37.0 Å². The maximum Gasteiger partial charge on any atom is 0.330 e. The molecule has 3 aromatic rings. The summed E-state index contributed by atoms with van der Waals surface area (Å²) in [7, 11) is 3.92. The van der Waals surface area contributed by atoms with Crippen LogP contribution in [0.15, 0.2) is 9.32 Å². The summed E-state index contributed by atoms with van der Waals surface area (Å²) in [6.07, 6.45) is 9.49. The topological polar surface area (TPSA) is 119 Å². The van der Waals surface area contributed by atoms with Crippen LogP contribution in [0.1, 0.15) is 88.9 Å². The maximum absolute atomic E-state index is 13.7. The van der Waals surface area contributed by atoms with E-state index in [1.165, 1.54) is 0 Å². The van der Waals surface area contributed by atoms with E-state index in [2.05, 4.69) is 25.8 Å². The molecule has 0 radical (unpaired) electrons. The van der Waals surface area contributed by atoms with Gasteiger partial charge in [0.15, 0.2) is 17.0 Å². The summed E-state index contributed by atoms with van der Waals surface area (Å²) in [4.78, 5) is 26.2.